The first-order chi connectivity index (χ1) is 11.9. The molecule has 0 spiro atoms. The molecule has 2 aromatic carbocycles. The first-order valence-corrected chi connectivity index (χ1v) is 8.44. The first-order valence-electron chi connectivity index (χ1n) is 8.06. The number of hydrogen-bond donors (Lipinski definition) is 3. The molecule has 2 rings (SSSR count). The zero-order valence-corrected chi connectivity index (χ0v) is 15.1. The molecule has 0 unspecified atom stereocenters. The Labute approximate surface area is 152 Å². The minimum Gasteiger partial charge on any atom is -0.348 e. The number of benzene rings is 2. The molecule has 0 aliphatic carbocycles. The van der Waals surface area contributed by atoms with Crippen molar-refractivity contribution in [2.24, 2.45) is 0 Å². The second-order valence-corrected chi connectivity index (χ2v) is 6.30. The van der Waals surface area contributed by atoms with Gasteiger partial charge in [0.1, 0.15) is 0 Å². The fraction of sp³-hybridized carbons (Fsp3) is 0.263. The van der Waals surface area contributed by atoms with Crippen molar-refractivity contribution in [2.75, 3.05) is 6.54 Å². The van der Waals surface area contributed by atoms with Gasteiger partial charge in [-0.2, -0.15) is 0 Å². The molecule has 1 atom stereocenters. The van der Waals surface area contributed by atoms with Gasteiger partial charge in [-0.3, -0.25) is 4.79 Å². The van der Waals surface area contributed by atoms with Crippen LogP contribution in [0.5, 0.6) is 0 Å². The van der Waals surface area contributed by atoms with Gasteiger partial charge in [0.25, 0.3) is 0 Å². The maximum Gasteiger partial charge on any atom is 0.315 e. The van der Waals surface area contributed by atoms with E-state index >= 15 is 0 Å². The molecule has 0 aliphatic heterocycles. The Morgan fingerprint density at radius 2 is 1.64 bits per heavy atom. The molecule has 6 heteroatoms. The molecule has 132 valence electrons. The molecular formula is C19H22ClN3O2. The summed E-state index contributed by atoms with van der Waals surface area (Å²) in [5, 5.41) is 8.74. The monoisotopic (exact) mass is 359 g/mol. The zero-order valence-electron chi connectivity index (χ0n) is 14.3. The zero-order chi connectivity index (χ0) is 18.2. The topological polar surface area (TPSA) is 70.2 Å². The van der Waals surface area contributed by atoms with Gasteiger partial charge in [-0.05, 0) is 37.1 Å². The van der Waals surface area contributed by atoms with Crippen molar-refractivity contribution in [3.05, 3.63) is 70.2 Å². The third-order valence-electron chi connectivity index (χ3n) is 3.73. The average molecular weight is 360 g/mol. The number of carbonyl (C=O) groups is 2. The van der Waals surface area contributed by atoms with Gasteiger partial charge in [-0.25, -0.2) is 4.79 Å². The molecule has 3 N–H and O–H groups in total. The van der Waals surface area contributed by atoms with Gasteiger partial charge in [0.05, 0.1) is 12.6 Å². The summed E-state index contributed by atoms with van der Waals surface area (Å²) in [7, 11) is 0. The van der Waals surface area contributed by atoms with E-state index in [0.29, 0.717) is 11.6 Å². The van der Waals surface area contributed by atoms with E-state index in [4.69, 9.17) is 11.6 Å². The van der Waals surface area contributed by atoms with Crippen LogP contribution in [0.3, 0.4) is 0 Å². The lowest BCUT2D eigenvalue weighted by atomic mass is 10.1. The van der Waals surface area contributed by atoms with Crippen LogP contribution < -0.4 is 16.0 Å². The highest BCUT2D eigenvalue weighted by atomic mass is 35.5. The summed E-state index contributed by atoms with van der Waals surface area (Å²) < 4.78 is 0. The van der Waals surface area contributed by atoms with Crippen LogP contribution in [0.4, 0.5) is 4.79 Å². The summed E-state index contributed by atoms with van der Waals surface area (Å²) in [6.45, 7) is 4.21. The summed E-state index contributed by atoms with van der Waals surface area (Å²) in [5.41, 5.74) is 3.11. The van der Waals surface area contributed by atoms with Crippen LogP contribution in [0.25, 0.3) is 0 Å². The summed E-state index contributed by atoms with van der Waals surface area (Å²) in [5.74, 6) is -0.257. The number of rotatable bonds is 6. The van der Waals surface area contributed by atoms with Gasteiger partial charge in [-0.15, -0.1) is 0 Å². The van der Waals surface area contributed by atoms with E-state index < -0.39 is 0 Å². The maximum atomic E-state index is 11.9. The van der Waals surface area contributed by atoms with E-state index in [1.54, 1.807) is 12.1 Å². The van der Waals surface area contributed by atoms with Crippen LogP contribution >= 0.6 is 11.6 Å². The molecule has 0 aliphatic rings. The number of halogens is 1. The molecule has 0 radical (unpaired) electrons. The highest BCUT2D eigenvalue weighted by Gasteiger charge is 2.10. The number of urea groups is 1. The second-order valence-electron chi connectivity index (χ2n) is 5.86. The quantitative estimate of drug-likeness (QED) is 0.740. The second kappa shape index (κ2) is 9.08. The standard InChI is InChI=1S/C19H22ClN3O2/c1-13-3-5-15(6-4-13)11-21-19(25)22-12-18(24)23-14(2)16-7-9-17(20)10-8-16/h3-10,14H,11-12H2,1-2H3,(H,23,24)(H2,21,22,25)/t14-/m1/s1. The molecule has 0 saturated carbocycles. The van der Waals surface area contributed by atoms with Gasteiger partial charge in [-0.1, -0.05) is 53.6 Å². The van der Waals surface area contributed by atoms with Gasteiger partial charge in [0, 0.05) is 11.6 Å². The molecule has 0 bridgehead atoms. The summed E-state index contributed by atoms with van der Waals surface area (Å²) >= 11 is 5.85. The Bertz CT molecular complexity index is 714. The van der Waals surface area contributed by atoms with Crippen molar-refractivity contribution in [2.45, 2.75) is 26.4 Å². The van der Waals surface area contributed by atoms with Crippen molar-refractivity contribution in [3.63, 3.8) is 0 Å². The minimum absolute atomic E-state index is 0.0857. The third kappa shape index (κ3) is 6.47. The highest BCUT2D eigenvalue weighted by molar-refractivity contribution is 6.30. The molecule has 0 fully saturated rings. The Balaban J connectivity index is 1.70. The van der Waals surface area contributed by atoms with Crippen LogP contribution in [0, 0.1) is 6.92 Å². The number of carbonyl (C=O) groups excluding carboxylic acids is 2. The summed E-state index contributed by atoms with van der Waals surface area (Å²) in [4.78, 5) is 23.7. The SMILES string of the molecule is Cc1ccc(CNC(=O)NCC(=O)N[C@H](C)c2ccc(Cl)cc2)cc1. The molecule has 25 heavy (non-hydrogen) atoms. The molecule has 2 aromatic rings. The molecule has 3 amide bonds. The average Bonchev–Trinajstić information content (AvgIpc) is 2.60. The fourth-order valence-corrected chi connectivity index (χ4v) is 2.36. The molecule has 5 nitrogen and oxygen atoms in total. The number of hydrogen-bond acceptors (Lipinski definition) is 2. The number of aryl methyl sites for hydroxylation is 1. The van der Waals surface area contributed by atoms with Crippen molar-refractivity contribution >= 4 is 23.5 Å². The van der Waals surface area contributed by atoms with E-state index in [0.717, 1.165) is 11.1 Å². The van der Waals surface area contributed by atoms with E-state index in [-0.39, 0.29) is 24.5 Å². The predicted octanol–water partition coefficient (Wildman–Crippen LogP) is 3.33. The van der Waals surface area contributed by atoms with Crippen molar-refractivity contribution in [3.8, 4) is 0 Å². The van der Waals surface area contributed by atoms with Gasteiger partial charge >= 0.3 is 6.03 Å². The van der Waals surface area contributed by atoms with Gasteiger partial charge < -0.3 is 16.0 Å². The maximum absolute atomic E-state index is 11.9. The van der Waals surface area contributed by atoms with Crippen LogP contribution in [0.15, 0.2) is 48.5 Å². The predicted molar refractivity (Wildman–Crippen MR) is 99.4 cm³/mol. The van der Waals surface area contributed by atoms with Gasteiger partial charge in [0.2, 0.25) is 5.91 Å². The third-order valence-corrected chi connectivity index (χ3v) is 3.98. The van der Waals surface area contributed by atoms with E-state index in [9.17, 15) is 9.59 Å². The molecule has 0 saturated heterocycles. The minimum atomic E-state index is -0.380. The number of nitrogens with one attached hydrogen (secondary N) is 3. The Morgan fingerprint density at radius 1 is 1.00 bits per heavy atom. The highest BCUT2D eigenvalue weighted by Crippen LogP contribution is 2.15. The smallest absolute Gasteiger partial charge is 0.315 e. The molecule has 0 aromatic heterocycles. The van der Waals surface area contributed by atoms with Crippen molar-refractivity contribution in [1.29, 1.82) is 0 Å². The van der Waals surface area contributed by atoms with Crippen LogP contribution in [-0.2, 0) is 11.3 Å². The van der Waals surface area contributed by atoms with Crippen molar-refractivity contribution < 1.29 is 9.59 Å². The lowest BCUT2D eigenvalue weighted by Gasteiger charge is -2.15. The van der Waals surface area contributed by atoms with E-state index in [1.807, 2.05) is 50.2 Å². The van der Waals surface area contributed by atoms with Crippen LogP contribution in [0.2, 0.25) is 5.02 Å². The Hall–Kier alpha value is -2.53. The largest absolute Gasteiger partial charge is 0.348 e. The summed E-state index contributed by atoms with van der Waals surface area (Å²) in [6.07, 6.45) is 0. The number of amides is 3. The molecular weight excluding hydrogens is 338 g/mol. The Morgan fingerprint density at radius 3 is 2.28 bits per heavy atom. The summed E-state index contributed by atoms with van der Waals surface area (Å²) in [6, 6.07) is 14.6. The first kappa shape index (κ1) is 18.8. The normalized spacial score (nSPS) is 11.5. The van der Waals surface area contributed by atoms with Crippen LogP contribution in [0.1, 0.15) is 29.7 Å². The fourth-order valence-electron chi connectivity index (χ4n) is 2.24. The van der Waals surface area contributed by atoms with Crippen LogP contribution in [-0.4, -0.2) is 18.5 Å². The van der Waals surface area contributed by atoms with E-state index in [1.165, 1.54) is 5.56 Å². The lowest BCUT2D eigenvalue weighted by Crippen LogP contribution is -2.42. The van der Waals surface area contributed by atoms with Crippen molar-refractivity contribution in [1.82, 2.24) is 16.0 Å². The van der Waals surface area contributed by atoms with Gasteiger partial charge in [0.15, 0.2) is 0 Å². The van der Waals surface area contributed by atoms with E-state index in [2.05, 4.69) is 16.0 Å². The Kier molecular flexibility index (Phi) is 6.83. The molecule has 0 heterocycles. The lowest BCUT2D eigenvalue weighted by molar-refractivity contribution is -0.120.